The van der Waals surface area contributed by atoms with E-state index in [2.05, 4.69) is 10.8 Å². The molecule has 0 aliphatic carbocycles. The van der Waals surface area contributed by atoms with E-state index in [-0.39, 0.29) is 24.3 Å². The minimum atomic E-state index is -0.536. The molecule has 2 amide bonds. The molecule has 0 bridgehead atoms. The Morgan fingerprint density at radius 2 is 2.28 bits per heavy atom. The van der Waals surface area contributed by atoms with E-state index in [9.17, 15) is 9.59 Å². The summed E-state index contributed by atoms with van der Waals surface area (Å²) in [5.74, 6) is -0.362. The molecule has 0 spiro atoms. The Balaban J connectivity index is 2.41. The van der Waals surface area contributed by atoms with Gasteiger partial charge in [-0.25, -0.2) is 5.48 Å². The number of amides is 2. The Kier molecular flexibility index (Phi) is 6.07. The van der Waals surface area contributed by atoms with Gasteiger partial charge in [0.1, 0.15) is 12.1 Å². The van der Waals surface area contributed by atoms with Crippen molar-refractivity contribution in [2.75, 3.05) is 6.61 Å². The van der Waals surface area contributed by atoms with Crippen molar-refractivity contribution in [3.63, 3.8) is 0 Å². The van der Waals surface area contributed by atoms with Crippen LogP contribution in [0.3, 0.4) is 0 Å². The van der Waals surface area contributed by atoms with Gasteiger partial charge in [-0.05, 0) is 18.8 Å². The summed E-state index contributed by atoms with van der Waals surface area (Å²) >= 11 is 0. The number of rotatable bonds is 5. The summed E-state index contributed by atoms with van der Waals surface area (Å²) in [6.45, 7) is 3.62. The van der Waals surface area contributed by atoms with E-state index < -0.39 is 12.1 Å². The van der Waals surface area contributed by atoms with E-state index in [0.717, 1.165) is 12.8 Å². The highest BCUT2D eigenvalue weighted by molar-refractivity contribution is 5.87. The summed E-state index contributed by atoms with van der Waals surface area (Å²) in [5, 5.41) is 11.7. The quantitative estimate of drug-likeness (QED) is 0.611. The first-order chi connectivity index (χ1) is 8.54. The van der Waals surface area contributed by atoms with Gasteiger partial charge in [0.25, 0.3) is 5.91 Å². The molecule has 0 aromatic heterocycles. The Labute approximate surface area is 107 Å². The Hall–Kier alpha value is -1.14. The highest BCUT2D eigenvalue weighted by atomic mass is 16.7. The number of hydroxylamine groups is 1. The smallest absolute Gasteiger partial charge is 0.266 e. The zero-order valence-corrected chi connectivity index (χ0v) is 10.9. The van der Waals surface area contributed by atoms with Crippen LogP contribution < -0.4 is 10.8 Å². The predicted molar refractivity (Wildman–Crippen MR) is 65.3 cm³/mol. The molecule has 1 saturated heterocycles. The number of carbonyl (C=O) groups excluding carboxylic acids is 2. The fraction of sp³-hybridized carbons (Fsp3) is 0.833. The fourth-order valence-corrected chi connectivity index (χ4v) is 1.76. The number of carbonyl (C=O) groups is 2. The average Bonchev–Trinajstić information content (AvgIpc) is 2.54. The summed E-state index contributed by atoms with van der Waals surface area (Å²) in [7, 11) is 0. The lowest BCUT2D eigenvalue weighted by atomic mass is 10.1. The third-order valence-corrected chi connectivity index (χ3v) is 3.03. The van der Waals surface area contributed by atoms with E-state index in [4.69, 9.17) is 9.94 Å². The Bertz CT molecular complexity index is 294. The van der Waals surface area contributed by atoms with Gasteiger partial charge in [0, 0.05) is 6.42 Å². The van der Waals surface area contributed by atoms with Crippen molar-refractivity contribution >= 4 is 11.8 Å². The molecule has 2 atom stereocenters. The Morgan fingerprint density at radius 1 is 1.56 bits per heavy atom. The van der Waals surface area contributed by atoms with Crippen molar-refractivity contribution in [1.29, 1.82) is 0 Å². The molecule has 1 heterocycles. The first kappa shape index (κ1) is 14.9. The van der Waals surface area contributed by atoms with E-state index in [1.807, 2.05) is 13.8 Å². The van der Waals surface area contributed by atoms with Gasteiger partial charge in [-0.3, -0.25) is 14.4 Å². The van der Waals surface area contributed by atoms with E-state index >= 15 is 0 Å². The van der Waals surface area contributed by atoms with E-state index in [1.54, 1.807) is 0 Å². The van der Waals surface area contributed by atoms with Crippen molar-refractivity contribution in [2.24, 2.45) is 5.92 Å². The van der Waals surface area contributed by atoms with Gasteiger partial charge in [0.2, 0.25) is 5.91 Å². The molecule has 6 nitrogen and oxygen atoms in total. The van der Waals surface area contributed by atoms with E-state index in [0.29, 0.717) is 12.8 Å². The number of aliphatic hydroxyl groups is 1. The van der Waals surface area contributed by atoms with Crippen molar-refractivity contribution in [3.8, 4) is 0 Å². The molecule has 3 N–H and O–H groups in total. The maximum absolute atomic E-state index is 11.8. The lowest BCUT2D eigenvalue weighted by Gasteiger charge is -2.21. The average molecular weight is 258 g/mol. The fourth-order valence-electron chi connectivity index (χ4n) is 1.76. The second kappa shape index (κ2) is 7.33. The zero-order chi connectivity index (χ0) is 13.5. The molecule has 0 saturated carbocycles. The van der Waals surface area contributed by atoms with E-state index in [1.165, 1.54) is 0 Å². The van der Waals surface area contributed by atoms with Gasteiger partial charge in [-0.1, -0.05) is 20.3 Å². The minimum Gasteiger partial charge on any atom is -0.394 e. The highest BCUT2D eigenvalue weighted by Crippen LogP contribution is 2.10. The molecule has 0 aromatic carbocycles. The highest BCUT2D eigenvalue weighted by Gasteiger charge is 2.24. The molecule has 1 fully saturated rings. The maximum Gasteiger partial charge on any atom is 0.266 e. The molecule has 1 aliphatic rings. The summed E-state index contributed by atoms with van der Waals surface area (Å²) in [5.41, 5.74) is 2.32. The zero-order valence-electron chi connectivity index (χ0n) is 10.9. The molecule has 1 rings (SSSR count). The van der Waals surface area contributed by atoms with Crippen LogP contribution in [0.4, 0.5) is 0 Å². The second-order valence-electron chi connectivity index (χ2n) is 4.92. The molecular formula is C12H22N2O4. The van der Waals surface area contributed by atoms with Crippen LogP contribution in [0.5, 0.6) is 0 Å². The van der Waals surface area contributed by atoms with Gasteiger partial charge in [0.15, 0.2) is 0 Å². The number of aliphatic hydroxyl groups excluding tert-OH is 1. The van der Waals surface area contributed by atoms with Crippen molar-refractivity contribution in [1.82, 2.24) is 10.8 Å². The standard InChI is InChI=1S/C12H22N2O4/c1-8(2)10(7-15)18-14-12(17)9-5-3-4-6-11(16)13-9/h8-10,15H,3-7H2,1-2H3,(H,13,16)(H,14,17). The van der Waals surface area contributed by atoms with Crippen molar-refractivity contribution < 1.29 is 19.5 Å². The molecular weight excluding hydrogens is 236 g/mol. The molecule has 0 radical (unpaired) electrons. The maximum atomic E-state index is 11.8. The predicted octanol–water partition coefficient (Wildman–Crippen LogP) is 0.110. The summed E-state index contributed by atoms with van der Waals surface area (Å²) in [6.07, 6.45) is 2.30. The van der Waals surface area contributed by atoms with Crippen LogP contribution in [0.2, 0.25) is 0 Å². The molecule has 2 unspecified atom stereocenters. The van der Waals surface area contributed by atoms with Crippen LogP contribution in [-0.4, -0.2) is 35.7 Å². The van der Waals surface area contributed by atoms with Crippen LogP contribution >= 0.6 is 0 Å². The van der Waals surface area contributed by atoms with Crippen LogP contribution in [0.25, 0.3) is 0 Å². The van der Waals surface area contributed by atoms with Gasteiger partial charge < -0.3 is 10.4 Å². The summed E-state index contributed by atoms with van der Waals surface area (Å²) in [4.78, 5) is 28.3. The van der Waals surface area contributed by atoms with Gasteiger partial charge >= 0.3 is 0 Å². The first-order valence-electron chi connectivity index (χ1n) is 6.40. The molecule has 1 aliphatic heterocycles. The number of hydrogen-bond donors (Lipinski definition) is 3. The lowest BCUT2D eigenvalue weighted by Crippen LogP contribution is -2.47. The van der Waals surface area contributed by atoms with Gasteiger partial charge in [-0.2, -0.15) is 0 Å². The number of nitrogens with one attached hydrogen (secondary N) is 2. The minimum absolute atomic E-state index is 0.0963. The van der Waals surface area contributed by atoms with Crippen LogP contribution in [-0.2, 0) is 14.4 Å². The van der Waals surface area contributed by atoms with Crippen LogP contribution in [0.15, 0.2) is 0 Å². The molecule has 0 aromatic rings. The van der Waals surface area contributed by atoms with Crippen LogP contribution in [0.1, 0.15) is 39.5 Å². The third kappa shape index (κ3) is 4.62. The van der Waals surface area contributed by atoms with Gasteiger partial charge in [-0.15, -0.1) is 0 Å². The monoisotopic (exact) mass is 258 g/mol. The second-order valence-corrected chi connectivity index (χ2v) is 4.92. The Morgan fingerprint density at radius 3 is 2.89 bits per heavy atom. The van der Waals surface area contributed by atoms with Crippen molar-refractivity contribution in [3.05, 3.63) is 0 Å². The third-order valence-electron chi connectivity index (χ3n) is 3.03. The summed E-state index contributed by atoms with van der Waals surface area (Å²) < 4.78 is 0. The molecule has 6 heteroatoms. The lowest BCUT2D eigenvalue weighted by molar-refractivity contribution is -0.147. The first-order valence-corrected chi connectivity index (χ1v) is 6.40. The molecule has 104 valence electrons. The van der Waals surface area contributed by atoms with Gasteiger partial charge in [0.05, 0.1) is 6.61 Å². The topological polar surface area (TPSA) is 87.7 Å². The number of hydrogen-bond acceptors (Lipinski definition) is 4. The van der Waals surface area contributed by atoms with Crippen molar-refractivity contribution in [2.45, 2.75) is 51.7 Å². The van der Waals surface area contributed by atoms with Crippen LogP contribution in [0, 0.1) is 5.92 Å². The summed E-state index contributed by atoms with van der Waals surface area (Å²) in [6, 6.07) is -0.536. The normalized spacial score (nSPS) is 22.2. The largest absolute Gasteiger partial charge is 0.394 e. The molecule has 18 heavy (non-hydrogen) atoms. The SMILES string of the molecule is CC(C)C(CO)ONC(=O)C1CCCCC(=O)N1.